The minimum absolute atomic E-state index is 0.141. The smallest absolute Gasteiger partial charge is 0.251 e. The molecule has 0 saturated carbocycles. The van der Waals surface area contributed by atoms with Gasteiger partial charge in [-0.15, -0.1) is 0 Å². The molecule has 3 rings (SSSR count). The summed E-state index contributed by atoms with van der Waals surface area (Å²) in [6.45, 7) is 3.00. The minimum atomic E-state index is -0.141. The quantitative estimate of drug-likeness (QED) is 0.674. The summed E-state index contributed by atoms with van der Waals surface area (Å²) >= 11 is 0. The van der Waals surface area contributed by atoms with E-state index in [4.69, 9.17) is 4.74 Å². The van der Waals surface area contributed by atoms with Crippen molar-refractivity contribution in [2.24, 2.45) is 0 Å². The highest BCUT2D eigenvalue weighted by Gasteiger charge is 2.08. The van der Waals surface area contributed by atoms with Gasteiger partial charge in [0.2, 0.25) is 0 Å². The van der Waals surface area contributed by atoms with Crippen molar-refractivity contribution >= 4 is 17.4 Å². The van der Waals surface area contributed by atoms with E-state index in [0.29, 0.717) is 24.5 Å². The average molecular weight is 347 g/mol. The highest BCUT2D eigenvalue weighted by Crippen LogP contribution is 2.26. The summed E-state index contributed by atoms with van der Waals surface area (Å²) in [6, 6.07) is 20.9. The third-order valence-electron chi connectivity index (χ3n) is 3.77. The molecule has 2 aromatic carbocycles. The Kier molecular flexibility index (Phi) is 5.83. The molecule has 0 saturated heterocycles. The largest absolute Gasteiger partial charge is 0.492 e. The van der Waals surface area contributed by atoms with Gasteiger partial charge in [0.15, 0.2) is 0 Å². The Morgan fingerprint density at radius 3 is 2.62 bits per heavy atom. The zero-order valence-electron chi connectivity index (χ0n) is 14.6. The lowest BCUT2D eigenvalue weighted by Crippen LogP contribution is -2.22. The van der Waals surface area contributed by atoms with Crippen LogP contribution in [0.15, 0.2) is 72.9 Å². The molecule has 5 heteroatoms. The zero-order chi connectivity index (χ0) is 18.2. The molecule has 26 heavy (non-hydrogen) atoms. The van der Waals surface area contributed by atoms with Crippen molar-refractivity contribution in [2.75, 3.05) is 11.9 Å². The summed E-state index contributed by atoms with van der Waals surface area (Å²) in [4.78, 5) is 16.7. The van der Waals surface area contributed by atoms with Crippen molar-refractivity contribution in [2.45, 2.75) is 13.5 Å². The second-order valence-electron chi connectivity index (χ2n) is 5.65. The van der Waals surface area contributed by atoms with Gasteiger partial charge in [0.05, 0.1) is 12.3 Å². The number of hydrogen-bond donors (Lipinski definition) is 2. The number of carbonyl (C=O) groups is 1. The average Bonchev–Trinajstić information content (AvgIpc) is 2.69. The highest BCUT2D eigenvalue weighted by molar-refractivity contribution is 5.94. The van der Waals surface area contributed by atoms with E-state index < -0.39 is 0 Å². The lowest BCUT2D eigenvalue weighted by molar-refractivity contribution is 0.0951. The number of para-hydroxylation sites is 2. The number of amides is 1. The molecule has 132 valence electrons. The van der Waals surface area contributed by atoms with Crippen LogP contribution in [0.1, 0.15) is 22.8 Å². The fourth-order valence-electron chi connectivity index (χ4n) is 2.51. The second kappa shape index (κ2) is 8.67. The van der Waals surface area contributed by atoms with E-state index in [2.05, 4.69) is 15.6 Å². The molecule has 1 aromatic heterocycles. The van der Waals surface area contributed by atoms with Gasteiger partial charge < -0.3 is 15.4 Å². The number of pyridine rings is 1. The van der Waals surface area contributed by atoms with E-state index in [1.165, 1.54) is 0 Å². The van der Waals surface area contributed by atoms with E-state index in [-0.39, 0.29) is 5.91 Å². The first-order valence-electron chi connectivity index (χ1n) is 8.53. The molecule has 5 nitrogen and oxygen atoms in total. The predicted octanol–water partition coefficient (Wildman–Crippen LogP) is 4.15. The van der Waals surface area contributed by atoms with Gasteiger partial charge in [0.25, 0.3) is 5.91 Å². The number of rotatable bonds is 7. The predicted molar refractivity (Wildman–Crippen MR) is 103 cm³/mol. The van der Waals surface area contributed by atoms with E-state index >= 15 is 0 Å². The van der Waals surface area contributed by atoms with Crippen LogP contribution in [0.3, 0.4) is 0 Å². The lowest BCUT2D eigenvalue weighted by Gasteiger charge is -2.12. The van der Waals surface area contributed by atoms with Crippen molar-refractivity contribution in [1.29, 1.82) is 0 Å². The SMILES string of the molecule is CCOc1ccccc1Nc1cc(C(=O)NCc2ccccc2)ccn1. The van der Waals surface area contributed by atoms with Crippen molar-refractivity contribution in [3.05, 3.63) is 84.1 Å². The first kappa shape index (κ1) is 17.5. The van der Waals surface area contributed by atoms with Gasteiger partial charge >= 0.3 is 0 Å². The molecule has 2 N–H and O–H groups in total. The Hall–Kier alpha value is -3.34. The zero-order valence-corrected chi connectivity index (χ0v) is 14.6. The molecule has 0 aliphatic carbocycles. The van der Waals surface area contributed by atoms with Gasteiger partial charge in [0.1, 0.15) is 11.6 Å². The molecule has 0 unspecified atom stereocenters. The number of hydrogen-bond acceptors (Lipinski definition) is 4. The molecule has 0 bridgehead atoms. The summed E-state index contributed by atoms with van der Waals surface area (Å²) < 4.78 is 5.60. The second-order valence-corrected chi connectivity index (χ2v) is 5.65. The van der Waals surface area contributed by atoms with E-state index in [0.717, 1.165) is 17.0 Å². The van der Waals surface area contributed by atoms with Crippen LogP contribution in [-0.2, 0) is 6.54 Å². The molecule has 1 heterocycles. The summed E-state index contributed by atoms with van der Waals surface area (Å²) in [5, 5.41) is 6.13. The minimum Gasteiger partial charge on any atom is -0.492 e. The Balaban J connectivity index is 1.69. The van der Waals surface area contributed by atoms with Gasteiger partial charge in [-0.3, -0.25) is 4.79 Å². The Morgan fingerprint density at radius 1 is 1.04 bits per heavy atom. The monoisotopic (exact) mass is 347 g/mol. The Labute approximate surface area is 153 Å². The molecule has 0 fully saturated rings. The van der Waals surface area contributed by atoms with Crippen molar-refractivity contribution < 1.29 is 9.53 Å². The fraction of sp³-hybridized carbons (Fsp3) is 0.143. The van der Waals surface area contributed by atoms with Crippen LogP contribution < -0.4 is 15.4 Å². The summed E-state index contributed by atoms with van der Waals surface area (Å²) in [7, 11) is 0. The maximum absolute atomic E-state index is 12.4. The number of aromatic nitrogens is 1. The first-order chi connectivity index (χ1) is 12.8. The standard InChI is InChI=1S/C21H21N3O2/c1-2-26-19-11-7-6-10-18(19)24-20-14-17(12-13-22-20)21(25)23-15-16-8-4-3-5-9-16/h3-14H,2,15H2,1H3,(H,22,24)(H,23,25). The molecule has 0 aliphatic rings. The van der Waals surface area contributed by atoms with Crippen LogP contribution in [0.4, 0.5) is 11.5 Å². The van der Waals surface area contributed by atoms with Crippen LogP contribution in [0.2, 0.25) is 0 Å². The van der Waals surface area contributed by atoms with Gasteiger partial charge in [-0.2, -0.15) is 0 Å². The van der Waals surface area contributed by atoms with Crippen LogP contribution >= 0.6 is 0 Å². The molecule has 0 aliphatic heterocycles. The maximum atomic E-state index is 12.4. The highest BCUT2D eigenvalue weighted by atomic mass is 16.5. The van der Waals surface area contributed by atoms with E-state index in [9.17, 15) is 4.79 Å². The van der Waals surface area contributed by atoms with E-state index in [1.807, 2.05) is 61.5 Å². The van der Waals surface area contributed by atoms with Crippen LogP contribution in [0, 0.1) is 0 Å². The molecule has 0 spiro atoms. The van der Waals surface area contributed by atoms with Gasteiger partial charge in [-0.25, -0.2) is 4.98 Å². The fourth-order valence-corrected chi connectivity index (χ4v) is 2.51. The Bertz CT molecular complexity index is 866. The van der Waals surface area contributed by atoms with Gasteiger partial charge in [0, 0.05) is 18.3 Å². The van der Waals surface area contributed by atoms with Gasteiger partial charge in [-0.05, 0) is 36.8 Å². The number of ether oxygens (including phenoxy) is 1. The summed E-state index contributed by atoms with van der Waals surface area (Å²) in [5.74, 6) is 1.19. The van der Waals surface area contributed by atoms with E-state index in [1.54, 1.807) is 18.3 Å². The number of anilines is 2. The third-order valence-corrected chi connectivity index (χ3v) is 3.77. The summed E-state index contributed by atoms with van der Waals surface area (Å²) in [6.07, 6.45) is 1.61. The molecular weight excluding hydrogens is 326 g/mol. The molecule has 0 atom stereocenters. The van der Waals surface area contributed by atoms with Crippen LogP contribution in [0.5, 0.6) is 5.75 Å². The number of nitrogens with zero attached hydrogens (tertiary/aromatic N) is 1. The van der Waals surface area contributed by atoms with Crippen molar-refractivity contribution in [1.82, 2.24) is 10.3 Å². The number of carbonyl (C=O) groups excluding carboxylic acids is 1. The van der Waals surface area contributed by atoms with Crippen molar-refractivity contribution in [3.63, 3.8) is 0 Å². The molecule has 3 aromatic rings. The molecule has 0 radical (unpaired) electrons. The number of benzene rings is 2. The normalized spacial score (nSPS) is 10.2. The maximum Gasteiger partial charge on any atom is 0.251 e. The molecular formula is C21H21N3O2. The molecule has 1 amide bonds. The number of nitrogens with one attached hydrogen (secondary N) is 2. The first-order valence-corrected chi connectivity index (χ1v) is 8.53. The lowest BCUT2D eigenvalue weighted by atomic mass is 10.2. The van der Waals surface area contributed by atoms with Crippen LogP contribution in [-0.4, -0.2) is 17.5 Å². The van der Waals surface area contributed by atoms with Crippen LogP contribution in [0.25, 0.3) is 0 Å². The van der Waals surface area contributed by atoms with Crippen molar-refractivity contribution in [3.8, 4) is 5.75 Å². The Morgan fingerprint density at radius 2 is 1.81 bits per heavy atom. The topological polar surface area (TPSA) is 63.2 Å². The third kappa shape index (κ3) is 4.60. The summed E-state index contributed by atoms with van der Waals surface area (Å²) in [5.41, 5.74) is 2.41. The van der Waals surface area contributed by atoms with Gasteiger partial charge in [-0.1, -0.05) is 42.5 Å².